The maximum Gasteiger partial charge on any atom is 0.417 e. The Labute approximate surface area is 390 Å². The van der Waals surface area contributed by atoms with Crippen LogP contribution >= 0.6 is 15.9 Å². The molecule has 67 heavy (non-hydrogen) atoms. The molecule has 15 nitrogen and oxygen atoms in total. The summed E-state index contributed by atoms with van der Waals surface area (Å²) in [5.74, 6) is -0.415. The minimum absolute atomic E-state index is 0.00121. The van der Waals surface area contributed by atoms with Crippen LogP contribution in [0.25, 0.3) is 6.08 Å². The summed E-state index contributed by atoms with van der Waals surface area (Å²) in [6, 6.07) is 30.5. The number of amides is 5. The Morgan fingerprint density at radius 3 is 2.36 bits per heavy atom. The number of hydrazone groups is 1. The number of hydrazine groups is 1. The van der Waals surface area contributed by atoms with Gasteiger partial charge in [-0.3, -0.25) is 34.4 Å². The topological polar surface area (TPSA) is 194 Å². The average Bonchev–Trinajstić information content (AvgIpc) is 4.05. The first-order chi connectivity index (χ1) is 32.2. The predicted octanol–water partition coefficient (Wildman–Crippen LogP) is 7.83. The second-order valence-corrected chi connectivity index (χ2v) is 15.3. The van der Waals surface area contributed by atoms with Gasteiger partial charge in [0.25, 0.3) is 11.8 Å². The van der Waals surface area contributed by atoms with E-state index < -0.39 is 23.7 Å². The van der Waals surface area contributed by atoms with Crippen LogP contribution < -0.4 is 36.0 Å². The number of benzene rings is 4. The number of aryl methyl sites for hydroxylation is 2. The van der Waals surface area contributed by atoms with Gasteiger partial charge in [-0.1, -0.05) is 66.2 Å². The fourth-order valence-electron chi connectivity index (χ4n) is 6.33. The third-order valence-electron chi connectivity index (χ3n) is 9.58. The lowest BCUT2D eigenvalue weighted by molar-refractivity contribution is -0.137. The Morgan fingerprint density at radius 2 is 1.64 bits per heavy atom. The summed E-state index contributed by atoms with van der Waals surface area (Å²) in [4.78, 5) is 65.4. The van der Waals surface area contributed by atoms with E-state index in [-0.39, 0.29) is 48.2 Å². The number of anilines is 1. The minimum Gasteiger partial charge on any atom is -0.454 e. The fraction of sp³-hybridized carbons (Fsp3) is 0.146. The smallest absolute Gasteiger partial charge is 0.417 e. The van der Waals surface area contributed by atoms with E-state index in [0.717, 1.165) is 40.3 Å². The van der Waals surface area contributed by atoms with Gasteiger partial charge in [0, 0.05) is 36.1 Å². The van der Waals surface area contributed by atoms with Crippen LogP contribution in [0.3, 0.4) is 0 Å². The number of carbonyl (C=O) groups is 5. The number of nitrogens with zero attached hydrogens (tertiary/aromatic N) is 3. The molecule has 5 amide bonds. The maximum atomic E-state index is 12.7. The average molecular weight is 981 g/mol. The quantitative estimate of drug-likeness (QED) is 0.0430. The fourth-order valence-corrected chi connectivity index (χ4v) is 6.63. The zero-order chi connectivity index (χ0) is 47.9. The SMILES string of the molecule is Cc1ccc(N2C(=O)CC(NNC(=O)c3ccccc3)C2=O)c(C)c1.O=C(/C=C/c1ccc2c(c1)OCO2)NCc1cccnc1.O=C(N/N=C/c1ccccc1C(F)(F)F)c1ccc(Br)o1. The minimum atomic E-state index is -4.49. The predicted molar refractivity (Wildman–Crippen MR) is 244 cm³/mol. The first-order valence-electron chi connectivity index (χ1n) is 20.2. The van der Waals surface area contributed by atoms with E-state index in [1.54, 1.807) is 48.8 Å². The van der Waals surface area contributed by atoms with Crippen molar-refractivity contribution in [3.8, 4) is 11.5 Å². The first kappa shape index (κ1) is 48.6. The Morgan fingerprint density at radius 1 is 0.881 bits per heavy atom. The summed E-state index contributed by atoms with van der Waals surface area (Å²) >= 11 is 3.03. The number of imide groups is 1. The number of rotatable bonds is 11. The van der Waals surface area contributed by atoms with Gasteiger partial charge in [0.2, 0.25) is 18.6 Å². The lowest BCUT2D eigenvalue weighted by Crippen LogP contribution is -2.48. The molecule has 4 heterocycles. The van der Waals surface area contributed by atoms with Crippen LogP contribution in [0.1, 0.15) is 60.7 Å². The van der Waals surface area contributed by atoms with E-state index in [1.165, 1.54) is 41.3 Å². The van der Waals surface area contributed by atoms with E-state index in [4.69, 9.17) is 13.9 Å². The van der Waals surface area contributed by atoms with Gasteiger partial charge < -0.3 is 19.2 Å². The van der Waals surface area contributed by atoms with E-state index >= 15 is 0 Å². The monoisotopic (exact) mass is 979 g/mol. The molecule has 1 fully saturated rings. The molecule has 0 saturated carbocycles. The largest absolute Gasteiger partial charge is 0.454 e. The van der Waals surface area contributed by atoms with Crippen molar-refractivity contribution in [2.24, 2.45) is 5.10 Å². The molecule has 0 aliphatic carbocycles. The highest BCUT2D eigenvalue weighted by atomic mass is 79.9. The molecule has 344 valence electrons. The van der Waals surface area contributed by atoms with Crippen molar-refractivity contribution in [1.29, 1.82) is 0 Å². The molecular weight excluding hydrogens is 939 g/mol. The van der Waals surface area contributed by atoms with Crippen molar-refractivity contribution >= 4 is 63.4 Å². The zero-order valence-electron chi connectivity index (χ0n) is 35.7. The molecule has 19 heteroatoms. The van der Waals surface area contributed by atoms with E-state index in [1.807, 2.05) is 62.4 Å². The third kappa shape index (κ3) is 13.8. The van der Waals surface area contributed by atoms with Gasteiger partial charge in [-0.05, 0) is 107 Å². The Kier molecular flexibility index (Phi) is 16.5. The summed E-state index contributed by atoms with van der Waals surface area (Å²) in [6.07, 6.45) is 3.10. The number of halogens is 4. The van der Waals surface area contributed by atoms with Crippen LogP contribution in [-0.4, -0.2) is 53.6 Å². The Bertz CT molecular complexity index is 2790. The standard InChI is InChI=1S/C19H19N3O3.C16H14N2O3.C13H8BrF3N2O2/c1-12-8-9-16(13(2)10-12)22-17(23)11-15(19(22)25)20-21-18(24)14-6-4-3-5-7-14;19-16(18-10-13-2-1-7-17-9-13)6-4-12-3-5-14-15(8-12)21-11-20-14;14-11-6-5-10(21-11)12(20)19-18-7-8-3-1-2-4-9(8)13(15,16)17/h3-10,15,20H,11H2,1-2H3,(H,21,24);1-9H,10-11H2,(H,18,19);1-7H,(H,19,20)/b;6-4+;18-7+. The van der Waals surface area contributed by atoms with Crippen LogP contribution in [0.5, 0.6) is 11.5 Å². The summed E-state index contributed by atoms with van der Waals surface area (Å²) < 4.78 is 54.1. The molecule has 0 radical (unpaired) electrons. The lowest BCUT2D eigenvalue weighted by Gasteiger charge is -2.18. The number of hydrogen-bond donors (Lipinski definition) is 4. The van der Waals surface area contributed by atoms with Crippen molar-refractivity contribution in [2.45, 2.75) is 39.0 Å². The number of aromatic nitrogens is 1. The van der Waals surface area contributed by atoms with Crippen LogP contribution in [0, 0.1) is 13.8 Å². The molecule has 0 spiro atoms. The number of alkyl halides is 3. The van der Waals surface area contributed by atoms with Gasteiger partial charge in [0.1, 0.15) is 6.04 Å². The van der Waals surface area contributed by atoms with Gasteiger partial charge in [-0.2, -0.15) is 18.3 Å². The number of nitrogens with one attached hydrogen (secondary N) is 4. The second kappa shape index (κ2) is 22.8. The molecule has 1 unspecified atom stereocenters. The molecule has 2 aliphatic rings. The Hall–Kier alpha value is -7.90. The maximum absolute atomic E-state index is 12.7. The number of hydrogen-bond acceptors (Lipinski definition) is 11. The second-order valence-electron chi connectivity index (χ2n) is 14.5. The zero-order valence-corrected chi connectivity index (χ0v) is 37.3. The van der Waals surface area contributed by atoms with Gasteiger partial charge in [-0.15, -0.1) is 0 Å². The molecule has 4 N–H and O–H groups in total. The highest BCUT2D eigenvalue weighted by Gasteiger charge is 2.40. The van der Waals surface area contributed by atoms with Crippen LogP contribution in [-0.2, 0) is 27.1 Å². The van der Waals surface area contributed by atoms with Gasteiger partial charge in [-0.25, -0.2) is 15.8 Å². The van der Waals surface area contributed by atoms with Crippen molar-refractivity contribution in [3.05, 3.63) is 183 Å². The molecule has 6 aromatic rings. The summed E-state index contributed by atoms with van der Waals surface area (Å²) in [5.41, 5.74) is 11.1. The molecule has 2 aromatic heterocycles. The number of furan rings is 1. The first-order valence-corrected chi connectivity index (χ1v) is 21.0. The van der Waals surface area contributed by atoms with Crippen molar-refractivity contribution in [1.82, 2.24) is 26.6 Å². The van der Waals surface area contributed by atoms with E-state index in [9.17, 15) is 37.1 Å². The summed E-state index contributed by atoms with van der Waals surface area (Å²) in [5, 5.41) is 6.30. The molecular formula is C48H41BrF3N7O8. The van der Waals surface area contributed by atoms with Crippen LogP contribution in [0.4, 0.5) is 18.9 Å². The van der Waals surface area contributed by atoms with Gasteiger partial charge >= 0.3 is 12.1 Å². The van der Waals surface area contributed by atoms with Gasteiger partial charge in [0.15, 0.2) is 21.9 Å². The molecule has 1 atom stereocenters. The van der Waals surface area contributed by atoms with Gasteiger partial charge in [0.05, 0.1) is 23.9 Å². The molecule has 8 rings (SSSR count). The van der Waals surface area contributed by atoms with E-state index in [0.29, 0.717) is 28.2 Å². The highest BCUT2D eigenvalue weighted by molar-refractivity contribution is 9.10. The molecule has 0 bridgehead atoms. The van der Waals surface area contributed by atoms with Crippen molar-refractivity contribution in [2.75, 3.05) is 11.7 Å². The molecule has 4 aromatic carbocycles. The third-order valence-corrected chi connectivity index (χ3v) is 10.0. The highest BCUT2D eigenvalue weighted by Crippen LogP contribution is 2.33. The number of ether oxygens (including phenoxy) is 2. The molecule has 1 saturated heterocycles. The number of carbonyl (C=O) groups excluding carboxylic acids is 5. The van der Waals surface area contributed by atoms with Crippen LogP contribution in [0.2, 0.25) is 0 Å². The molecule has 2 aliphatic heterocycles. The van der Waals surface area contributed by atoms with E-state index in [2.05, 4.69) is 47.6 Å². The van der Waals surface area contributed by atoms with Crippen LogP contribution in [0.15, 0.2) is 148 Å². The summed E-state index contributed by atoms with van der Waals surface area (Å²) in [6.45, 7) is 4.51. The Balaban J connectivity index is 0.000000167. The normalized spacial score (nSPS) is 14.0. The van der Waals surface area contributed by atoms with Crippen molar-refractivity contribution in [3.63, 3.8) is 0 Å². The number of pyridine rings is 1. The number of fused-ring (bicyclic) bond motifs is 1. The lowest BCUT2D eigenvalue weighted by atomic mass is 10.1. The van der Waals surface area contributed by atoms with Crippen molar-refractivity contribution < 1.29 is 51.0 Å². The summed E-state index contributed by atoms with van der Waals surface area (Å²) in [7, 11) is 0.